The van der Waals surface area contributed by atoms with Crippen LogP contribution in [0.5, 0.6) is 0 Å². The van der Waals surface area contributed by atoms with Gasteiger partial charge in [0.05, 0.1) is 0 Å². The molecule has 0 spiro atoms. The van der Waals surface area contributed by atoms with Crippen LogP contribution in [0.1, 0.15) is 84.5 Å². The number of hydrogen-bond acceptors (Lipinski definition) is 0. The van der Waals surface area contributed by atoms with Gasteiger partial charge in [-0.1, -0.05) is 76.0 Å². The largest absolute Gasteiger partial charge is 0.0885 e. The lowest BCUT2D eigenvalue weighted by molar-refractivity contribution is 0.670. The molecule has 110 valence electrons. The summed E-state index contributed by atoms with van der Waals surface area (Å²) in [5.41, 5.74) is 0. The second-order valence-electron chi connectivity index (χ2n) is 5.22. The summed E-state index contributed by atoms with van der Waals surface area (Å²) < 4.78 is 0. The summed E-state index contributed by atoms with van der Waals surface area (Å²) >= 11 is 0. The van der Waals surface area contributed by atoms with Crippen molar-refractivity contribution in [1.82, 2.24) is 0 Å². The third-order valence-electron chi connectivity index (χ3n) is 3.25. The van der Waals surface area contributed by atoms with Crippen LogP contribution in [-0.4, -0.2) is 0 Å². The fraction of sp³-hybridized carbons (Fsp3) is 0.684. The zero-order valence-corrected chi connectivity index (χ0v) is 13.2. The van der Waals surface area contributed by atoms with Gasteiger partial charge in [0.1, 0.15) is 0 Å². The van der Waals surface area contributed by atoms with Gasteiger partial charge in [0.2, 0.25) is 0 Å². The Balaban J connectivity index is 3.15. The van der Waals surface area contributed by atoms with Crippen molar-refractivity contribution in [2.45, 2.75) is 84.5 Å². The lowest BCUT2D eigenvalue weighted by atomic mass is 10.1. The topological polar surface area (TPSA) is 0 Å². The Morgan fingerprint density at radius 2 is 1.05 bits per heavy atom. The van der Waals surface area contributed by atoms with Crippen molar-refractivity contribution in [3.8, 4) is 0 Å². The molecular formula is C19H34. The summed E-state index contributed by atoms with van der Waals surface area (Å²) in [6.07, 6.45) is 28.1. The summed E-state index contributed by atoms with van der Waals surface area (Å²) in [4.78, 5) is 0. The summed E-state index contributed by atoms with van der Waals surface area (Å²) in [6.45, 7) is 4.44. The van der Waals surface area contributed by atoms with Crippen LogP contribution in [0.25, 0.3) is 0 Å². The van der Waals surface area contributed by atoms with Crippen molar-refractivity contribution in [3.63, 3.8) is 0 Å². The van der Waals surface area contributed by atoms with Gasteiger partial charge < -0.3 is 0 Å². The Labute approximate surface area is 121 Å². The van der Waals surface area contributed by atoms with Crippen LogP contribution in [0.2, 0.25) is 0 Å². The maximum Gasteiger partial charge on any atom is -0.0348 e. The zero-order valence-electron chi connectivity index (χ0n) is 13.2. The van der Waals surface area contributed by atoms with Gasteiger partial charge in [-0.25, -0.2) is 0 Å². The second kappa shape index (κ2) is 17.2. The third kappa shape index (κ3) is 17.2. The van der Waals surface area contributed by atoms with E-state index in [0.29, 0.717) is 0 Å². The zero-order chi connectivity index (χ0) is 14.0. The minimum Gasteiger partial charge on any atom is -0.0885 e. The van der Waals surface area contributed by atoms with E-state index in [9.17, 15) is 0 Å². The van der Waals surface area contributed by atoms with E-state index in [4.69, 9.17) is 0 Å². The number of unbranched alkanes of at least 4 members (excludes halogenated alkanes) is 8. The first-order valence-corrected chi connectivity index (χ1v) is 8.38. The Hall–Kier alpha value is -0.780. The molecule has 19 heavy (non-hydrogen) atoms. The fourth-order valence-electron chi connectivity index (χ4n) is 2.02. The molecular weight excluding hydrogens is 228 g/mol. The van der Waals surface area contributed by atoms with Gasteiger partial charge in [0.25, 0.3) is 0 Å². The predicted octanol–water partition coefficient (Wildman–Crippen LogP) is 6.99. The number of rotatable bonds is 13. The van der Waals surface area contributed by atoms with Crippen LogP contribution in [0.4, 0.5) is 0 Å². The Kier molecular flexibility index (Phi) is 16.5. The van der Waals surface area contributed by atoms with Crippen LogP contribution < -0.4 is 0 Å². The standard InChI is InChI=1S/C19H34/c1-3-5-7-9-11-13-15-17-19-18-16-14-12-10-8-6-4-2/h5,7,9,11,14,16H,3-4,6,8,10,12-13,15,17-19H2,1-2H3/b7-5+,11-9+,16-14+. The highest BCUT2D eigenvalue weighted by Gasteiger charge is 1.87. The van der Waals surface area contributed by atoms with E-state index in [1.807, 2.05) is 0 Å². The maximum absolute atomic E-state index is 2.38. The van der Waals surface area contributed by atoms with Gasteiger partial charge >= 0.3 is 0 Å². The van der Waals surface area contributed by atoms with Crippen molar-refractivity contribution in [1.29, 1.82) is 0 Å². The van der Waals surface area contributed by atoms with Gasteiger partial charge in [-0.05, 0) is 44.9 Å². The van der Waals surface area contributed by atoms with Crippen molar-refractivity contribution in [2.75, 3.05) is 0 Å². The SMILES string of the molecule is CC/C=C/C=C/CCCCC/C=C/CCCCCC. The molecule has 0 N–H and O–H groups in total. The smallest absolute Gasteiger partial charge is 0.0348 e. The highest BCUT2D eigenvalue weighted by molar-refractivity contribution is 5.01. The molecule has 0 nitrogen and oxygen atoms in total. The van der Waals surface area contributed by atoms with Crippen LogP contribution in [0.15, 0.2) is 36.5 Å². The molecule has 0 amide bonds. The van der Waals surface area contributed by atoms with E-state index in [1.165, 1.54) is 64.2 Å². The number of hydrogen-bond donors (Lipinski definition) is 0. The van der Waals surface area contributed by atoms with Gasteiger partial charge in [-0.3, -0.25) is 0 Å². The molecule has 0 heteroatoms. The van der Waals surface area contributed by atoms with E-state index < -0.39 is 0 Å². The first kappa shape index (κ1) is 18.2. The Morgan fingerprint density at radius 1 is 0.526 bits per heavy atom. The molecule has 0 bridgehead atoms. The molecule has 0 fully saturated rings. The van der Waals surface area contributed by atoms with Crippen LogP contribution in [-0.2, 0) is 0 Å². The molecule has 0 aromatic heterocycles. The van der Waals surface area contributed by atoms with E-state index >= 15 is 0 Å². The second-order valence-corrected chi connectivity index (χ2v) is 5.22. The monoisotopic (exact) mass is 262 g/mol. The quantitative estimate of drug-likeness (QED) is 0.191. The Morgan fingerprint density at radius 3 is 1.63 bits per heavy atom. The van der Waals surface area contributed by atoms with Gasteiger partial charge in [0.15, 0.2) is 0 Å². The molecule has 0 aliphatic carbocycles. The molecule has 0 atom stereocenters. The highest BCUT2D eigenvalue weighted by atomic mass is 13.9. The normalized spacial score (nSPS) is 12.3. The van der Waals surface area contributed by atoms with Gasteiger partial charge in [0, 0.05) is 0 Å². The summed E-state index contributed by atoms with van der Waals surface area (Å²) in [6, 6.07) is 0. The molecule has 0 aliphatic rings. The van der Waals surface area contributed by atoms with Crippen LogP contribution >= 0.6 is 0 Å². The molecule has 0 unspecified atom stereocenters. The first-order valence-electron chi connectivity index (χ1n) is 8.38. The molecule has 0 rings (SSSR count). The predicted molar refractivity (Wildman–Crippen MR) is 89.6 cm³/mol. The highest BCUT2D eigenvalue weighted by Crippen LogP contribution is 2.06. The van der Waals surface area contributed by atoms with E-state index in [2.05, 4.69) is 50.3 Å². The van der Waals surface area contributed by atoms with Crippen LogP contribution in [0, 0.1) is 0 Å². The van der Waals surface area contributed by atoms with Crippen molar-refractivity contribution < 1.29 is 0 Å². The maximum atomic E-state index is 2.38. The van der Waals surface area contributed by atoms with Gasteiger partial charge in [-0.2, -0.15) is 0 Å². The number of allylic oxidation sites excluding steroid dienone is 6. The molecule has 0 saturated carbocycles. The average Bonchev–Trinajstić information content (AvgIpc) is 2.43. The molecule has 0 aromatic rings. The van der Waals surface area contributed by atoms with E-state index in [0.717, 1.165) is 6.42 Å². The minimum absolute atomic E-state index is 1.13. The molecule has 0 radical (unpaired) electrons. The summed E-state index contributed by atoms with van der Waals surface area (Å²) in [5, 5.41) is 0. The summed E-state index contributed by atoms with van der Waals surface area (Å²) in [7, 11) is 0. The minimum atomic E-state index is 1.13. The summed E-state index contributed by atoms with van der Waals surface area (Å²) in [5.74, 6) is 0. The lowest BCUT2D eigenvalue weighted by Gasteiger charge is -1.96. The lowest BCUT2D eigenvalue weighted by Crippen LogP contribution is -1.76. The first-order chi connectivity index (χ1) is 9.41. The van der Waals surface area contributed by atoms with Gasteiger partial charge in [-0.15, -0.1) is 0 Å². The molecule has 0 aliphatic heterocycles. The van der Waals surface area contributed by atoms with Crippen molar-refractivity contribution in [2.24, 2.45) is 0 Å². The van der Waals surface area contributed by atoms with Crippen LogP contribution in [0.3, 0.4) is 0 Å². The third-order valence-corrected chi connectivity index (χ3v) is 3.25. The van der Waals surface area contributed by atoms with Crippen molar-refractivity contribution >= 4 is 0 Å². The Bertz CT molecular complexity index is 232. The average molecular weight is 262 g/mol. The van der Waals surface area contributed by atoms with E-state index in [1.54, 1.807) is 0 Å². The van der Waals surface area contributed by atoms with Crippen molar-refractivity contribution in [3.05, 3.63) is 36.5 Å². The molecule has 0 saturated heterocycles. The molecule has 0 heterocycles. The van der Waals surface area contributed by atoms with E-state index in [-0.39, 0.29) is 0 Å². The fourth-order valence-corrected chi connectivity index (χ4v) is 2.02. The molecule has 0 aromatic carbocycles.